The average Bonchev–Trinajstić information content (AvgIpc) is 1.62. The van der Waals surface area contributed by atoms with E-state index in [9.17, 15) is 62.3 Å². The number of amides is 4. The molecule has 16 aromatic rings. The van der Waals surface area contributed by atoms with Crippen molar-refractivity contribution in [1.29, 1.82) is 0 Å². The first kappa shape index (κ1) is 88.7. The Balaban J connectivity index is 0.000000597. The molecular weight excluding hydrogens is 1700 g/mol. The largest absolute Gasteiger partial charge is 0.507 e. The molecule has 8 heterocycles. The number of carbonyl (C=O) groups excluding carboxylic acids is 4. The van der Waals surface area contributed by atoms with E-state index in [-0.39, 0.29) is 64.0 Å². The minimum atomic E-state index is -3.37. The highest BCUT2D eigenvalue weighted by Crippen LogP contribution is 2.33. The Morgan fingerprint density at radius 2 is 0.672 bits per heavy atom. The number of rotatable bonds is 21. The number of aromatic hydroxyl groups is 1. The van der Waals surface area contributed by atoms with Gasteiger partial charge in [-0.2, -0.15) is 0 Å². The monoisotopic (exact) mass is 1800 g/mol. The maximum Gasteiger partial charge on any atom is 0.259 e. The van der Waals surface area contributed by atoms with Gasteiger partial charge in [0.15, 0.2) is 61.9 Å². The van der Waals surface area contributed by atoms with Crippen molar-refractivity contribution in [2.45, 2.75) is 103 Å². The molecule has 36 heteroatoms. The molecule has 11 N–H and O–H groups in total. The third kappa shape index (κ3) is 19.8. The molecule has 0 unspecified atom stereocenters. The van der Waals surface area contributed by atoms with Crippen LogP contribution in [-0.2, 0) is 45.9 Å². The van der Waals surface area contributed by atoms with E-state index in [0.717, 1.165) is 11.1 Å². The molecule has 0 atom stereocenters. The second kappa shape index (κ2) is 37.3. The fourth-order valence-electron chi connectivity index (χ4n) is 12.4. The maximum atomic E-state index is 13.9. The number of carbonyl (C=O) groups is 4. The van der Waals surface area contributed by atoms with Crippen LogP contribution in [0.4, 0.5) is 27.1 Å². The van der Waals surface area contributed by atoms with Crippen LogP contribution in [-0.4, -0.2) is 143 Å². The normalized spacial score (nSPS) is 11.7. The summed E-state index contributed by atoms with van der Waals surface area (Å²) in [5, 5.41) is 19.4. The number of sulfone groups is 4. The van der Waals surface area contributed by atoms with Crippen LogP contribution in [0.1, 0.15) is 118 Å². The van der Waals surface area contributed by atoms with Crippen molar-refractivity contribution < 1.29 is 78.0 Å². The lowest BCUT2D eigenvalue weighted by molar-refractivity contribution is 0.101. The van der Waals surface area contributed by atoms with Crippen molar-refractivity contribution in [1.82, 2.24) is 59.8 Å². The zero-order valence-electron chi connectivity index (χ0n) is 68.0. The number of hydrogen-bond acceptors (Lipinski definition) is 22. The van der Waals surface area contributed by atoms with Gasteiger partial charge in [0.2, 0.25) is 0 Å². The van der Waals surface area contributed by atoms with Gasteiger partial charge in [-0.05, 0) is 164 Å². The van der Waals surface area contributed by atoms with Crippen molar-refractivity contribution in [3.8, 4) is 50.8 Å². The Hall–Kier alpha value is -14.1. The standard InChI is InChI=1S/C23H23N5O3S.C22H19ClN4O3S.C22H19FN4O3S.C22H20N4O4S.11H2/c1-14(2)32(30,31)18-8-6-16(7-9-18)19-12-25-22-21(27-19)20(13-26-22)28-23(29)17-5-3-4-15(10-17)11-24;1-13(2)31(29,30)17-8-6-14(7-9-17)18-11-24-21-20(26-18)19(12-25-21)27-22(28)15-4-3-5-16(23)10-15;1-13(2)31(29,30)15-9-7-14(8-10-15)18-11-24-21-20(26-18)19(12-25-21)27-22(28)16-5-3-4-6-17(16)23;1-13(2)31(29,30)15-9-7-14(8-10-15)17-11-23-21-20(25-17)18(12-24-21)26-22(28)16-5-3-4-6-19(16)27;;;;;;;;;;;/h3-10,12-14H,11,24H2,1-2H3,(H,25,26)(H,28,29);2*3-13H,1-2H3,(H,24,25)(H,27,28);3-13,27H,1-2H3,(H,23,24)(H,26,28);11*1H. The molecule has 8 aromatic heterocycles. The number of anilines is 4. The summed E-state index contributed by atoms with van der Waals surface area (Å²) in [6.07, 6.45) is 12.7. The minimum Gasteiger partial charge on any atom is -0.507 e. The van der Waals surface area contributed by atoms with Gasteiger partial charge in [-0.25, -0.2) is 77.9 Å². The van der Waals surface area contributed by atoms with Gasteiger partial charge in [-0.3, -0.25) is 19.2 Å². The van der Waals surface area contributed by atoms with Crippen molar-refractivity contribution in [3.63, 3.8) is 0 Å². The number of nitrogens with two attached hydrogens (primary N) is 1. The predicted molar refractivity (Wildman–Crippen MR) is 502 cm³/mol. The number of halogens is 2. The number of benzene rings is 8. The minimum absolute atomic E-state index is 0. The highest BCUT2D eigenvalue weighted by molar-refractivity contribution is 7.93. The number of hydrogen-bond donors (Lipinski definition) is 10. The van der Waals surface area contributed by atoms with E-state index in [0.29, 0.717) is 130 Å². The van der Waals surface area contributed by atoms with E-state index in [4.69, 9.17) is 17.3 Å². The molecule has 4 amide bonds. The Kier molecular flexibility index (Phi) is 26.5. The summed E-state index contributed by atoms with van der Waals surface area (Å²) in [7, 11) is -13.4. The van der Waals surface area contributed by atoms with E-state index in [1.54, 1.807) is 244 Å². The molecule has 0 bridgehead atoms. The summed E-state index contributed by atoms with van der Waals surface area (Å²) in [6.45, 7) is 13.5. The lowest BCUT2D eigenvalue weighted by Gasteiger charge is -2.09. The fourth-order valence-corrected chi connectivity index (χ4v) is 16.8. The quantitative estimate of drug-likeness (QED) is 0.0319. The first-order chi connectivity index (χ1) is 59.6. The third-order valence-corrected chi connectivity index (χ3v) is 28.6. The zero-order chi connectivity index (χ0) is 89.4. The third-order valence-electron chi connectivity index (χ3n) is 19.7. The number of para-hydroxylation sites is 1. The van der Waals surface area contributed by atoms with E-state index in [1.807, 2.05) is 6.07 Å². The molecule has 0 aliphatic heterocycles. The van der Waals surface area contributed by atoms with Gasteiger partial charge in [-0.15, -0.1) is 0 Å². The average molecular weight is 1800 g/mol. The summed E-state index contributed by atoms with van der Waals surface area (Å²) < 4.78 is 112. The number of aromatic nitrogens is 12. The van der Waals surface area contributed by atoms with E-state index >= 15 is 0 Å². The number of phenolic OH excluding ortho intramolecular Hbond substituents is 1. The van der Waals surface area contributed by atoms with E-state index in [2.05, 4.69) is 81.1 Å². The van der Waals surface area contributed by atoms with Crippen molar-refractivity contribution >= 4 is 142 Å². The number of nitrogens with zero attached hydrogens (tertiary/aromatic N) is 8. The predicted octanol–water partition coefficient (Wildman–Crippen LogP) is 18.9. The molecular formula is C89H103ClFN17O13S4. The van der Waals surface area contributed by atoms with Gasteiger partial charge in [-0.1, -0.05) is 103 Å². The van der Waals surface area contributed by atoms with Crippen LogP contribution in [0.3, 0.4) is 0 Å². The van der Waals surface area contributed by atoms with Crippen LogP contribution in [0, 0.1) is 5.82 Å². The summed E-state index contributed by atoms with van der Waals surface area (Å²) in [6, 6.07) is 51.6. The number of phenols is 1. The SMILES string of the molecule is CC(C)S(=O)(=O)c1ccc(-c2cnc3[nH]cc(NC(=O)c4cccc(CN)c4)c3n2)cc1.CC(C)S(=O)(=O)c1ccc(-c2cnc3[nH]cc(NC(=O)c4cccc(Cl)c4)c3n2)cc1.CC(C)S(=O)(=O)c1ccc(-c2cnc3[nH]cc(NC(=O)c4ccccc4F)c3n2)cc1.CC(C)S(=O)(=O)c1ccc(-c2cnc3[nH]cc(NC(=O)c4ccccc4O)c3n2)cc1.[HH].[HH].[HH].[HH].[HH].[HH].[HH].[HH].[HH].[HH].[HH]. The fraction of sp³-hybridized carbons (Fsp3) is 0.146. The van der Waals surface area contributed by atoms with Crippen LogP contribution < -0.4 is 27.0 Å². The summed E-state index contributed by atoms with van der Waals surface area (Å²) in [5.41, 5.74) is 18.0. The van der Waals surface area contributed by atoms with Gasteiger partial charge < -0.3 is 52.0 Å². The van der Waals surface area contributed by atoms with E-state index < -0.39 is 78.0 Å². The molecule has 0 saturated heterocycles. The molecule has 660 valence electrons. The summed E-state index contributed by atoms with van der Waals surface area (Å²) in [5.74, 6) is -2.43. The molecule has 0 fully saturated rings. The van der Waals surface area contributed by atoms with Crippen LogP contribution in [0.5, 0.6) is 5.75 Å². The van der Waals surface area contributed by atoms with Gasteiger partial charge in [0.05, 0.1) is 122 Å². The molecule has 30 nitrogen and oxygen atoms in total. The molecule has 0 aliphatic carbocycles. The molecule has 125 heavy (non-hydrogen) atoms. The number of nitrogens with one attached hydrogen (secondary N) is 8. The maximum absolute atomic E-state index is 13.9. The molecule has 0 spiro atoms. The molecule has 0 radical (unpaired) electrons. The Morgan fingerprint density at radius 3 is 0.976 bits per heavy atom. The number of aromatic amines is 4. The summed E-state index contributed by atoms with van der Waals surface area (Å²) in [4.78, 5) is 98.9. The molecule has 16 rings (SSSR count). The second-order valence-corrected chi connectivity index (χ2v) is 39.8. The van der Waals surface area contributed by atoms with Crippen molar-refractivity contribution in [2.75, 3.05) is 21.3 Å². The Labute approximate surface area is 738 Å². The second-order valence-electron chi connectivity index (χ2n) is 29.3. The summed E-state index contributed by atoms with van der Waals surface area (Å²) >= 11 is 5.96. The van der Waals surface area contributed by atoms with Crippen LogP contribution in [0.25, 0.3) is 89.7 Å². The highest BCUT2D eigenvalue weighted by Gasteiger charge is 2.26. The first-order valence-corrected chi connectivity index (χ1v) is 45.2. The van der Waals surface area contributed by atoms with Gasteiger partial charge in [0.1, 0.15) is 33.6 Å². The lowest BCUT2D eigenvalue weighted by atomic mass is 10.1. The molecule has 0 aliphatic rings. The van der Waals surface area contributed by atoms with Gasteiger partial charge >= 0.3 is 0 Å². The van der Waals surface area contributed by atoms with Gasteiger partial charge in [0.25, 0.3) is 23.6 Å². The molecule has 0 saturated carbocycles. The van der Waals surface area contributed by atoms with Crippen molar-refractivity contribution in [3.05, 3.63) is 282 Å². The molecule has 8 aromatic carbocycles. The van der Waals surface area contributed by atoms with Crippen LogP contribution >= 0.6 is 11.6 Å². The Bertz CT molecular complexity index is 7100. The van der Waals surface area contributed by atoms with Gasteiger partial charge in [0, 0.05) is 85.4 Å². The Morgan fingerprint density at radius 1 is 0.384 bits per heavy atom. The number of H-pyrrole nitrogens is 4. The van der Waals surface area contributed by atoms with Crippen LogP contribution in [0.15, 0.2) is 263 Å². The van der Waals surface area contributed by atoms with Crippen LogP contribution in [0.2, 0.25) is 5.02 Å². The topological polar surface area (TPSA) is 465 Å². The first-order valence-electron chi connectivity index (χ1n) is 38.7. The lowest BCUT2D eigenvalue weighted by Crippen LogP contribution is -2.13. The number of fused-ring (bicyclic) bond motifs is 4. The highest BCUT2D eigenvalue weighted by atomic mass is 35.5. The zero-order valence-corrected chi connectivity index (χ0v) is 72.0. The van der Waals surface area contributed by atoms with Crippen molar-refractivity contribution in [2.24, 2.45) is 5.73 Å². The van der Waals surface area contributed by atoms with E-state index in [1.165, 1.54) is 48.7 Å². The smallest absolute Gasteiger partial charge is 0.259 e.